The Morgan fingerprint density at radius 2 is 1.94 bits per heavy atom. The Kier molecular flexibility index (Phi) is 5.49. The summed E-state index contributed by atoms with van der Waals surface area (Å²) in [7, 11) is 1.32. The molecule has 0 saturated carbocycles. The fourth-order valence-corrected chi connectivity index (χ4v) is 5.15. The molecule has 0 spiro atoms. The van der Waals surface area contributed by atoms with E-state index in [-0.39, 0.29) is 17.5 Å². The van der Waals surface area contributed by atoms with Crippen molar-refractivity contribution in [2.45, 2.75) is 26.3 Å². The number of carboxylic acid groups (broad SMARTS) is 1. The molecule has 0 bridgehead atoms. The van der Waals surface area contributed by atoms with Crippen LogP contribution in [0.4, 0.5) is 0 Å². The number of fused-ring (bicyclic) bond motifs is 3. The predicted octanol–water partition coefficient (Wildman–Crippen LogP) is 5.14. The van der Waals surface area contributed by atoms with Gasteiger partial charge >= 0.3 is 11.9 Å². The maximum atomic E-state index is 12.6. The topological polar surface area (TPSA) is 85.6 Å². The summed E-state index contributed by atoms with van der Waals surface area (Å²) in [4.78, 5) is 37.5. The maximum absolute atomic E-state index is 12.6. The smallest absolute Gasteiger partial charge is 0.341 e. The fraction of sp³-hybridized carbons (Fsp3) is 0.261. The predicted molar refractivity (Wildman–Crippen MR) is 120 cm³/mol. The molecular weight excluding hydrogens is 438 g/mol. The molecule has 2 aromatic heterocycles. The van der Waals surface area contributed by atoms with Crippen LogP contribution in [0.1, 0.15) is 46.2 Å². The zero-order valence-electron chi connectivity index (χ0n) is 17.1. The fourth-order valence-electron chi connectivity index (χ4n) is 4.07. The Labute approximate surface area is 187 Å². The van der Waals surface area contributed by atoms with Gasteiger partial charge in [0.1, 0.15) is 5.56 Å². The van der Waals surface area contributed by atoms with E-state index in [1.807, 2.05) is 16.7 Å². The van der Waals surface area contributed by atoms with Crippen molar-refractivity contribution in [3.05, 3.63) is 67.8 Å². The second-order valence-corrected chi connectivity index (χ2v) is 9.53. The summed E-state index contributed by atoms with van der Waals surface area (Å²) in [5.41, 5.74) is 2.55. The minimum Gasteiger partial charge on any atom is -0.477 e. The highest BCUT2D eigenvalue weighted by Gasteiger charge is 2.30. The number of thiophene rings is 1. The van der Waals surface area contributed by atoms with Crippen LogP contribution in [0, 0.1) is 5.92 Å². The lowest BCUT2D eigenvalue weighted by Crippen LogP contribution is -2.28. The highest BCUT2D eigenvalue weighted by Crippen LogP contribution is 2.42. The molecule has 1 aliphatic rings. The molecule has 31 heavy (non-hydrogen) atoms. The van der Waals surface area contributed by atoms with Gasteiger partial charge in [0.2, 0.25) is 0 Å². The normalized spacial score (nSPS) is 14.8. The molecule has 0 amide bonds. The number of rotatable bonds is 4. The van der Waals surface area contributed by atoms with Crippen molar-refractivity contribution in [2.75, 3.05) is 7.11 Å². The number of hydrogen-bond acceptors (Lipinski definition) is 5. The molecule has 0 fully saturated rings. The van der Waals surface area contributed by atoms with Crippen molar-refractivity contribution < 1.29 is 19.4 Å². The maximum Gasteiger partial charge on any atom is 0.341 e. The van der Waals surface area contributed by atoms with E-state index >= 15 is 0 Å². The highest BCUT2D eigenvalue weighted by molar-refractivity contribution is 7.19. The van der Waals surface area contributed by atoms with Crippen LogP contribution in [-0.4, -0.2) is 28.7 Å². The van der Waals surface area contributed by atoms with Gasteiger partial charge < -0.3 is 14.4 Å². The number of methoxy groups -OCH3 is 1. The van der Waals surface area contributed by atoms with E-state index in [2.05, 4.69) is 13.8 Å². The number of benzene rings is 1. The number of esters is 1. The Balaban J connectivity index is 2.02. The van der Waals surface area contributed by atoms with Crippen LogP contribution in [-0.2, 0) is 11.2 Å². The molecule has 1 aromatic carbocycles. The van der Waals surface area contributed by atoms with Gasteiger partial charge in [-0.2, -0.15) is 0 Å². The van der Waals surface area contributed by atoms with Crippen molar-refractivity contribution >= 4 is 34.9 Å². The number of carboxylic acids is 1. The number of carbonyl (C=O) groups is 2. The Morgan fingerprint density at radius 3 is 2.52 bits per heavy atom. The number of carbonyl (C=O) groups excluding carboxylic acids is 1. The zero-order chi connectivity index (χ0) is 22.4. The number of nitrogens with zero attached hydrogens (tertiary/aromatic N) is 1. The zero-order valence-corrected chi connectivity index (χ0v) is 18.7. The first-order valence-corrected chi connectivity index (χ1v) is 10.9. The number of halogens is 1. The van der Waals surface area contributed by atoms with Gasteiger partial charge in [-0.05, 0) is 42.2 Å². The van der Waals surface area contributed by atoms with Crippen LogP contribution in [0.25, 0.3) is 21.7 Å². The van der Waals surface area contributed by atoms with Crippen molar-refractivity contribution in [1.82, 2.24) is 4.57 Å². The second-order valence-electron chi connectivity index (χ2n) is 7.81. The third-order valence-corrected chi connectivity index (χ3v) is 6.89. The van der Waals surface area contributed by atoms with Crippen molar-refractivity contribution in [3.8, 4) is 21.7 Å². The minimum absolute atomic E-state index is 0.0371. The lowest BCUT2D eigenvalue weighted by molar-refractivity contribution is 0.0600. The molecule has 1 aliphatic heterocycles. The summed E-state index contributed by atoms with van der Waals surface area (Å²) in [6.45, 7) is 4.11. The van der Waals surface area contributed by atoms with Crippen molar-refractivity contribution in [3.63, 3.8) is 0 Å². The van der Waals surface area contributed by atoms with Crippen LogP contribution < -0.4 is 5.43 Å². The van der Waals surface area contributed by atoms with Crippen LogP contribution >= 0.6 is 22.9 Å². The standard InChI is InChI=1S/C23H20ClNO5S/c1-11(2)17-7-12-6-14(20-4-5-21(24)31-20)15(23(29)30-3)8-13(12)18-9-19(26)16(22(27)28)10-25(17)18/h4-6,8-11,17H,7H2,1-3H3,(H,27,28). The third kappa shape index (κ3) is 3.68. The number of pyridine rings is 1. The number of aromatic carboxylic acids is 1. The monoisotopic (exact) mass is 457 g/mol. The van der Waals surface area contributed by atoms with E-state index in [1.165, 1.54) is 30.7 Å². The molecule has 1 atom stereocenters. The molecule has 4 rings (SSSR count). The molecule has 0 aliphatic carbocycles. The first kappa shape index (κ1) is 21.3. The van der Waals surface area contributed by atoms with E-state index < -0.39 is 17.4 Å². The molecule has 1 N–H and O–H groups in total. The molecule has 0 radical (unpaired) electrons. The first-order valence-electron chi connectivity index (χ1n) is 9.72. The summed E-state index contributed by atoms with van der Waals surface area (Å²) in [6.07, 6.45) is 2.05. The van der Waals surface area contributed by atoms with Crippen molar-refractivity contribution in [2.24, 2.45) is 5.92 Å². The lowest BCUT2D eigenvalue weighted by Gasteiger charge is -2.34. The van der Waals surface area contributed by atoms with Gasteiger partial charge in [0.05, 0.1) is 22.7 Å². The molecule has 3 heterocycles. The average Bonchev–Trinajstić information content (AvgIpc) is 3.17. The van der Waals surface area contributed by atoms with Gasteiger partial charge in [-0.1, -0.05) is 25.4 Å². The number of hydrogen-bond donors (Lipinski definition) is 1. The quantitative estimate of drug-likeness (QED) is 0.548. The van der Waals surface area contributed by atoms with Crippen LogP contribution in [0.2, 0.25) is 4.34 Å². The summed E-state index contributed by atoms with van der Waals surface area (Å²) < 4.78 is 7.46. The van der Waals surface area contributed by atoms with Gasteiger partial charge in [0.15, 0.2) is 5.43 Å². The van der Waals surface area contributed by atoms with Gasteiger partial charge in [0.25, 0.3) is 0 Å². The molecule has 3 aromatic rings. The van der Waals surface area contributed by atoms with E-state index in [9.17, 15) is 19.5 Å². The van der Waals surface area contributed by atoms with Crippen LogP contribution in [0.15, 0.2) is 41.3 Å². The largest absolute Gasteiger partial charge is 0.477 e. The third-order valence-electron chi connectivity index (χ3n) is 5.63. The Morgan fingerprint density at radius 1 is 1.19 bits per heavy atom. The minimum atomic E-state index is -1.26. The number of ether oxygens (including phenoxy) is 1. The average molecular weight is 458 g/mol. The molecule has 160 valence electrons. The molecule has 8 heteroatoms. The summed E-state index contributed by atoms with van der Waals surface area (Å²) in [6, 6.07) is 8.64. The van der Waals surface area contributed by atoms with Gasteiger partial charge in [-0.15, -0.1) is 11.3 Å². The first-order chi connectivity index (χ1) is 14.7. The SMILES string of the molecule is COC(=O)c1cc2c(cc1-c1ccc(Cl)s1)CC(C(C)C)n1cc(C(=O)O)c(=O)cc1-2. The number of aromatic nitrogens is 1. The Bertz CT molecular complexity index is 1270. The van der Waals surface area contributed by atoms with Crippen molar-refractivity contribution in [1.29, 1.82) is 0 Å². The van der Waals surface area contributed by atoms with E-state index in [0.717, 1.165) is 21.6 Å². The highest BCUT2D eigenvalue weighted by atomic mass is 35.5. The Hall–Kier alpha value is -2.90. The second kappa shape index (κ2) is 7.98. The van der Waals surface area contributed by atoms with E-state index in [4.69, 9.17) is 16.3 Å². The summed E-state index contributed by atoms with van der Waals surface area (Å²) in [5.74, 6) is -1.56. The lowest BCUT2D eigenvalue weighted by atomic mass is 9.85. The van der Waals surface area contributed by atoms with Gasteiger partial charge in [-0.25, -0.2) is 9.59 Å². The summed E-state index contributed by atoms with van der Waals surface area (Å²) in [5, 5.41) is 9.42. The van der Waals surface area contributed by atoms with E-state index in [0.29, 0.717) is 22.0 Å². The summed E-state index contributed by atoms with van der Waals surface area (Å²) >= 11 is 7.50. The van der Waals surface area contributed by atoms with Gasteiger partial charge in [0, 0.05) is 34.3 Å². The van der Waals surface area contributed by atoms with Crippen LogP contribution in [0.5, 0.6) is 0 Å². The van der Waals surface area contributed by atoms with Gasteiger partial charge in [-0.3, -0.25) is 4.79 Å². The molecule has 6 nitrogen and oxygen atoms in total. The van der Waals surface area contributed by atoms with E-state index in [1.54, 1.807) is 12.1 Å². The molecule has 0 saturated heterocycles. The molecule has 1 unspecified atom stereocenters. The van der Waals surface area contributed by atoms with Crippen LogP contribution in [0.3, 0.4) is 0 Å². The molecular formula is C23H20ClNO5S.